The van der Waals surface area contributed by atoms with E-state index in [9.17, 15) is 0 Å². The van der Waals surface area contributed by atoms with Gasteiger partial charge in [0.15, 0.2) is 0 Å². The molecule has 0 saturated carbocycles. The summed E-state index contributed by atoms with van der Waals surface area (Å²) >= 11 is 5.81. The Bertz CT molecular complexity index is 260. The zero-order chi connectivity index (χ0) is 8.27. The van der Waals surface area contributed by atoms with Crippen LogP contribution >= 0.6 is 11.6 Å². The average Bonchev–Trinajstić information content (AvgIpc) is 1.99. The fourth-order valence-electron chi connectivity index (χ4n) is 0.986. The molecule has 11 heavy (non-hydrogen) atoms. The van der Waals surface area contributed by atoms with Gasteiger partial charge in [-0.25, -0.2) is 0 Å². The molecule has 1 rings (SSSR count). The first kappa shape index (κ1) is 8.16. The van der Waals surface area contributed by atoms with Crippen molar-refractivity contribution in [3.63, 3.8) is 0 Å². The van der Waals surface area contributed by atoms with Gasteiger partial charge in [-0.1, -0.05) is 17.7 Å². The van der Waals surface area contributed by atoms with E-state index in [0.717, 1.165) is 18.4 Å². The lowest BCUT2D eigenvalue weighted by Gasteiger charge is -2.11. The zero-order valence-corrected chi connectivity index (χ0v) is 6.98. The predicted octanol–water partition coefficient (Wildman–Crippen LogP) is 2.67. The number of nitrogens with zero attached hydrogens (tertiary/aromatic N) is 1. The fourth-order valence-corrected chi connectivity index (χ4v) is 1.20. The van der Waals surface area contributed by atoms with Crippen molar-refractivity contribution in [2.45, 2.75) is 19.8 Å². The van der Waals surface area contributed by atoms with Crippen molar-refractivity contribution in [2.75, 3.05) is 0 Å². The van der Waals surface area contributed by atoms with Gasteiger partial charge in [0, 0.05) is 17.0 Å². The molecule has 1 aliphatic carbocycles. The minimum absolute atomic E-state index is 0.694. The number of allylic oxidation sites excluding steroid dienone is 4. The SMILES string of the molecule is CC1=C(OC#N)CCC=C1Cl. The first-order valence-corrected chi connectivity index (χ1v) is 3.75. The molecule has 0 heterocycles. The molecule has 0 fully saturated rings. The lowest BCUT2D eigenvalue weighted by molar-refractivity contribution is 0.350. The van der Waals surface area contributed by atoms with E-state index in [1.54, 1.807) is 6.26 Å². The third kappa shape index (κ3) is 1.75. The van der Waals surface area contributed by atoms with Crippen molar-refractivity contribution < 1.29 is 4.74 Å². The van der Waals surface area contributed by atoms with Gasteiger partial charge in [-0.05, 0) is 13.3 Å². The maximum Gasteiger partial charge on any atom is 0.291 e. The van der Waals surface area contributed by atoms with E-state index >= 15 is 0 Å². The van der Waals surface area contributed by atoms with Crippen molar-refractivity contribution in [2.24, 2.45) is 0 Å². The molecule has 0 atom stereocenters. The summed E-state index contributed by atoms with van der Waals surface area (Å²) in [4.78, 5) is 0. The Labute approximate surface area is 70.7 Å². The number of ether oxygens (including phenoxy) is 1. The molecule has 0 aliphatic heterocycles. The Balaban J connectivity index is 2.84. The lowest BCUT2D eigenvalue weighted by atomic mass is 10.1. The lowest BCUT2D eigenvalue weighted by Crippen LogP contribution is -1.96. The average molecular weight is 170 g/mol. The van der Waals surface area contributed by atoms with Crippen molar-refractivity contribution in [1.29, 1.82) is 5.26 Å². The molecule has 1 aliphatic rings. The van der Waals surface area contributed by atoms with Gasteiger partial charge in [-0.3, -0.25) is 0 Å². The van der Waals surface area contributed by atoms with Gasteiger partial charge in [0.05, 0.1) is 0 Å². The second-order valence-electron chi connectivity index (χ2n) is 2.33. The van der Waals surface area contributed by atoms with Gasteiger partial charge in [0.1, 0.15) is 5.76 Å². The molecule has 0 bridgehead atoms. The Hall–Kier alpha value is -0.940. The van der Waals surface area contributed by atoms with E-state index in [4.69, 9.17) is 21.6 Å². The summed E-state index contributed by atoms with van der Waals surface area (Å²) in [7, 11) is 0. The van der Waals surface area contributed by atoms with E-state index in [1.165, 1.54) is 0 Å². The Morgan fingerprint density at radius 2 is 2.45 bits per heavy atom. The van der Waals surface area contributed by atoms with Crippen LogP contribution in [0.1, 0.15) is 19.8 Å². The minimum Gasteiger partial charge on any atom is -0.392 e. The molecule has 2 nitrogen and oxygen atoms in total. The van der Waals surface area contributed by atoms with Crippen LogP contribution in [0.5, 0.6) is 0 Å². The van der Waals surface area contributed by atoms with Gasteiger partial charge in [0.25, 0.3) is 6.26 Å². The highest BCUT2D eigenvalue weighted by molar-refractivity contribution is 6.32. The maximum atomic E-state index is 8.25. The summed E-state index contributed by atoms with van der Waals surface area (Å²) in [5.74, 6) is 0.694. The van der Waals surface area contributed by atoms with E-state index in [-0.39, 0.29) is 0 Å². The Kier molecular flexibility index (Phi) is 2.56. The molecular formula is C8H8ClNO. The molecule has 0 amide bonds. The third-order valence-electron chi connectivity index (χ3n) is 1.64. The molecule has 0 spiro atoms. The van der Waals surface area contributed by atoms with Crippen LogP contribution in [0.2, 0.25) is 0 Å². The molecule has 0 radical (unpaired) electrons. The van der Waals surface area contributed by atoms with Gasteiger partial charge in [-0.15, -0.1) is 5.26 Å². The Morgan fingerprint density at radius 1 is 1.73 bits per heavy atom. The summed E-state index contributed by atoms with van der Waals surface area (Å²) in [6.45, 7) is 1.85. The van der Waals surface area contributed by atoms with Gasteiger partial charge >= 0.3 is 0 Å². The van der Waals surface area contributed by atoms with Gasteiger partial charge < -0.3 is 4.74 Å². The number of halogens is 1. The van der Waals surface area contributed by atoms with Crippen LogP contribution in [0.25, 0.3) is 0 Å². The number of rotatable bonds is 1. The molecule has 0 unspecified atom stereocenters. The van der Waals surface area contributed by atoms with Crippen LogP contribution in [-0.4, -0.2) is 0 Å². The quantitative estimate of drug-likeness (QED) is 0.566. The highest BCUT2D eigenvalue weighted by Gasteiger charge is 2.11. The van der Waals surface area contributed by atoms with E-state index in [2.05, 4.69) is 0 Å². The van der Waals surface area contributed by atoms with Crippen molar-refractivity contribution in [3.8, 4) is 6.26 Å². The third-order valence-corrected chi connectivity index (χ3v) is 2.08. The molecule has 0 N–H and O–H groups in total. The molecule has 0 saturated heterocycles. The standard InChI is InChI=1S/C8H8ClNO/c1-6-7(9)3-2-4-8(6)11-5-10/h3H,2,4H2,1H3. The molecule has 0 aromatic rings. The Morgan fingerprint density at radius 3 is 3.09 bits per heavy atom. The summed E-state index contributed by atoms with van der Waals surface area (Å²) in [6.07, 6.45) is 5.20. The van der Waals surface area contributed by atoms with E-state index < -0.39 is 0 Å². The van der Waals surface area contributed by atoms with Crippen molar-refractivity contribution >= 4 is 11.6 Å². The molecule has 0 aromatic carbocycles. The van der Waals surface area contributed by atoms with Crippen LogP contribution < -0.4 is 0 Å². The minimum atomic E-state index is 0.694. The normalized spacial score (nSPS) is 17.4. The molecular weight excluding hydrogens is 162 g/mol. The summed E-state index contributed by atoms with van der Waals surface area (Å²) in [6, 6.07) is 0. The second kappa shape index (κ2) is 3.45. The highest BCUT2D eigenvalue weighted by atomic mass is 35.5. The predicted molar refractivity (Wildman–Crippen MR) is 42.6 cm³/mol. The largest absolute Gasteiger partial charge is 0.392 e. The smallest absolute Gasteiger partial charge is 0.291 e. The number of nitriles is 1. The molecule has 3 heteroatoms. The zero-order valence-electron chi connectivity index (χ0n) is 6.22. The monoisotopic (exact) mass is 169 g/mol. The van der Waals surface area contributed by atoms with E-state index in [1.807, 2.05) is 13.0 Å². The van der Waals surface area contributed by atoms with Gasteiger partial charge in [0.2, 0.25) is 0 Å². The number of hydrogen-bond acceptors (Lipinski definition) is 2. The van der Waals surface area contributed by atoms with Crippen LogP contribution in [0.3, 0.4) is 0 Å². The van der Waals surface area contributed by atoms with Crippen LogP contribution in [0.15, 0.2) is 22.4 Å². The van der Waals surface area contributed by atoms with Crippen molar-refractivity contribution in [3.05, 3.63) is 22.4 Å². The first-order chi connectivity index (χ1) is 5.25. The highest BCUT2D eigenvalue weighted by Crippen LogP contribution is 2.27. The number of hydrogen-bond donors (Lipinski definition) is 0. The summed E-state index contributed by atoms with van der Waals surface area (Å²) < 4.78 is 4.73. The summed E-state index contributed by atoms with van der Waals surface area (Å²) in [5, 5.41) is 8.95. The molecule has 0 aromatic heterocycles. The first-order valence-electron chi connectivity index (χ1n) is 3.37. The van der Waals surface area contributed by atoms with E-state index in [0.29, 0.717) is 10.8 Å². The van der Waals surface area contributed by atoms with Crippen LogP contribution in [0.4, 0.5) is 0 Å². The van der Waals surface area contributed by atoms with Crippen LogP contribution in [-0.2, 0) is 4.74 Å². The molecule has 58 valence electrons. The maximum absolute atomic E-state index is 8.25. The summed E-state index contributed by atoms with van der Waals surface area (Å²) in [5.41, 5.74) is 0.875. The van der Waals surface area contributed by atoms with Gasteiger partial charge in [-0.2, -0.15) is 0 Å². The van der Waals surface area contributed by atoms with Crippen LogP contribution in [0, 0.1) is 11.5 Å². The topological polar surface area (TPSA) is 33.0 Å². The fraction of sp³-hybridized carbons (Fsp3) is 0.375. The second-order valence-corrected chi connectivity index (χ2v) is 2.74. The van der Waals surface area contributed by atoms with Crippen molar-refractivity contribution in [1.82, 2.24) is 0 Å².